The maximum absolute atomic E-state index is 13.7. The first-order valence-electron chi connectivity index (χ1n) is 10.3. The number of aryl methyl sites for hydroxylation is 1. The van der Waals surface area contributed by atoms with Gasteiger partial charge in [0, 0.05) is 55.5 Å². The highest BCUT2D eigenvalue weighted by Gasteiger charge is 2.42. The Bertz CT molecular complexity index is 1090. The summed E-state index contributed by atoms with van der Waals surface area (Å²) in [5, 5.41) is 0. The Kier molecular flexibility index (Phi) is 4.69. The lowest BCUT2D eigenvalue weighted by molar-refractivity contribution is 0.0783. The van der Waals surface area contributed by atoms with E-state index in [1.807, 2.05) is 48.2 Å². The number of hydrogen-bond acceptors (Lipinski definition) is 4. The van der Waals surface area contributed by atoms with Gasteiger partial charge in [-0.25, -0.2) is 14.4 Å². The second kappa shape index (κ2) is 7.52. The largest absolute Gasteiger partial charge is 0.340 e. The molecule has 152 valence electrons. The van der Waals surface area contributed by atoms with E-state index in [-0.39, 0.29) is 11.7 Å². The quantitative estimate of drug-likeness (QED) is 0.669. The fourth-order valence-electron chi connectivity index (χ4n) is 4.66. The molecule has 1 amide bonds. The van der Waals surface area contributed by atoms with E-state index in [0.29, 0.717) is 17.4 Å². The zero-order chi connectivity index (χ0) is 20.7. The highest BCUT2D eigenvalue weighted by atomic mass is 19.1. The van der Waals surface area contributed by atoms with Gasteiger partial charge in [0.1, 0.15) is 5.82 Å². The van der Waals surface area contributed by atoms with Gasteiger partial charge in [0.15, 0.2) is 0 Å². The molecule has 1 aromatic heterocycles. The number of anilines is 1. The predicted octanol–water partition coefficient (Wildman–Crippen LogP) is 3.80. The Morgan fingerprint density at radius 3 is 2.50 bits per heavy atom. The number of likely N-dealkylation sites (tertiary alicyclic amines) is 1. The van der Waals surface area contributed by atoms with Crippen LogP contribution in [0.15, 0.2) is 60.8 Å². The summed E-state index contributed by atoms with van der Waals surface area (Å²) in [6, 6.07) is 15.8. The summed E-state index contributed by atoms with van der Waals surface area (Å²) in [7, 11) is 0. The number of amides is 1. The van der Waals surface area contributed by atoms with Gasteiger partial charge < -0.3 is 9.80 Å². The molecule has 2 fully saturated rings. The van der Waals surface area contributed by atoms with Crippen LogP contribution in [0.5, 0.6) is 0 Å². The van der Waals surface area contributed by atoms with E-state index in [0.717, 1.165) is 48.9 Å². The van der Waals surface area contributed by atoms with Gasteiger partial charge in [-0.3, -0.25) is 4.79 Å². The first kappa shape index (κ1) is 18.7. The zero-order valence-electron chi connectivity index (χ0n) is 16.8. The van der Waals surface area contributed by atoms with Crippen LogP contribution in [-0.2, 0) is 0 Å². The molecule has 6 heteroatoms. The van der Waals surface area contributed by atoms with Crippen molar-refractivity contribution >= 4 is 11.9 Å². The smallest absolute Gasteiger partial charge is 0.254 e. The lowest BCUT2D eigenvalue weighted by Crippen LogP contribution is -2.34. The number of fused-ring (bicyclic) bond motifs is 1. The summed E-state index contributed by atoms with van der Waals surface area (Å²) in [6.45, 7) is 5.15. The van der Waals surface area contributed by atoms with Crippen molar-refractivity contribution in [2.24, 2.45) is 11.8 Å². The molecular formula is C24H23FN4O. The number of rotatable bonds is 3. The summed E-state index contributed by atoms with van der Waals surface area (Å²) in [5.41, 5.74) is 3.08. The van der Waals surface area contributed by atoms with E-state index < -0.39 is 0 Å². The fraction of sp³-hybridized carbons (Fsp3) is 0.292. The van der Waals surface area contributed by atoms with Crippen molar-refractivity contribution in [1.29, 1.82) is 0 Å². The van der Waals surface area contributed by atoms with Crippen molar-refractivity contribution in [3.05, 3.63) is 77.9 Å². The van der Waals surface area contributed by atoms with Gasteiger partial charge in [0.05, 0.1) is 0 Å². The predicted molar refractivity (Wildman–Crippen MR) is 114 cm³/mol. The second-order valence-electron chi connectivity index (χ2n) is 8.19. The van der Waals surface area contributed by atoms with Crippen LogP contribution in [-0.4, -0.2) is 47.0 Å². The number of nitrogens with zero attached hydrogens (tertiary/aromatic N) is 4. The number of aromatic nitrogens is 2. The average molecular weight is 402 g/mol. The Balaban J connectivity index is 1.33. The summed E-state index contributed by atoms with van der Waals surface area (Å²) in [6.07, 6.45) is 1.80. The van der Waals surface area contributed by atoms with Gasteiger partial charge in [-0.15, -0.1) is 0 Å². The van der Waals surface area contributed by atoms with Gasteiger partial charge >= 0.3 is 0 Å². The standard InChI is InChI=1S/C24H23FN4O/c1-16-9-10-26-24(27-16)29-14-18-12-28(13-19(18)15-29)23(30)22-8-3-2-7-21(22)17-5-4-6-20(25)11-17/h2-11,18-19H,12-15H2,1H3. The Morgan fingerprint density at radius 1 is 1.00 bits per heavy atom. The molecule has 2 saturated heterocycles. The van der Waals surface area contributed by atoms with Gasteiger partial charge in [-0.1, -0.05) is 30.3 Å². The van der Waals surface area contributed by atoms with Crippen LogP contribution in [0, 0.1) is 24.6 Å². The zero-order valence-corrected chi connectivity index (χ0v) is 16.8. The van der Waals surface area contributed by atoms with Gasteiger partial charge in [0.25, 0.3) is 5.91 Å². The van der Waals surface area contributed by atoms with Crippen molar-refractivity contribution in [3.8, 4) is 11.1 Å². The monoisotopic (exact) mass is 402 g/mol. The number of benzene rings is 2. The minimum absolute atomic E-state index is 0.0163. The third-order valence-electron chi connectivity index (χ3n) is 6.13. The Morgan fingerprint density at radius 2 is 1.77 bits per heavy atom. The van der Waals surface area contributed by atoms with Crippen LogP contribution < -0.4 is 4.90 Å². The maximum atomic E-state index is 13.7. The lowest BCUT2D eigenvalue weighted by Gasteiger charge is -2.23. The average Bonchev–Trinajstić information content (AvgIpc) is 3.33. The molecule has 3 aromatic rings. The van der Waals surface area contributed by atoms with Crippen LogP contribution >= 0.6 is 0 Å². The summed E-state index contributed by atoms with van der Waals surface area (Å²) >= 11 is 0. The molecule has 2 atom stereocenters. The fourth-order valence-corrected chi connectivity index (χ4v) is 4.66. The van der Waals surface area contributed by atoms with Gasteiger partial charge in [-0.2, -0.15) is 0 Å². The highest BCUT2D eigenvalue weighted by molar-refractivity contribution is 6.01. The van der Waals surface area contributed by atoms with E-state index in [9.17, 15) is 9.18 Å². The van der Waals surface area contributed by atoms with Crippen LogP contribution in [0.25, 0.3) is 11.1 Å². The lowest BCUT2D eigenvalue weighted by atomic mass is 9.99. The first-order chi connectivity index (χ1) is 14.6. The molecule has 0 N–H and O–H groups in total. The molecule has 0 radical (unpaired) electrons. The summed E-state index contributed by atoms with van der Waals surface area (Å²) in [5.74, 6) is 1.32. The van der Waals surface area contributed by atoms with Crippen LogP contribution in [0.4, 0.5) is 10.3 Å². The number of carbonyl (C=O) groups is 1. The van der Waals surface area contributed by atoms with Crippen LogP contribution in [0.2, 0.25) is 0 Å². The molecule has 2 aromatic carbocycles. The molecule has 0 bridgehead atoms. The number of halogens is 1. The van der Waals surface area contributed by atoms with E-state index in [1.165, 1.54) is 12.1 Å². The topological polar surface area (TPSA) is 49.3 Å². The van der Waals surface area contributed by atoms with Crippen molar-refractivity contribution in [1.82, 2.24) is 14.9 Å². The number of hydrogen-bond donors (Lipinski definition) is 0. The molecule has 30 heavy (non-hydrogen) atoms. The third-order valence-corrected chi connectivity index (χ3v) is 6.13. The van der Waals surface area contributed by atoms with Crippen LogP contribution in [0.1, 0.15) is 16.1 Å². The SMILES string of the molecule is Cc1ccnc(N2CC3CN(C(=O)c4ccccc4-c4cccc(F)c4)CC3C2)n1. The van der Waals surface area contributed by atoms with E-state index in [1.54, 1.807) is 12.3 Å². The molecule has 0 saturated carbocycles. The van der Waals surface area contributed by atoms with E-state index >= 15 is 0 Å². The minimum Gasteiger partial charge on any atom is -0.340 e. The molecule has 2 aliphatic rings. The molecule has 0 aliphatic carbocycles. The molecule has 3 heterocycles. The normalized spacial score (nSPS) is 20.5. The van der Waals surface area contributed by atoms with Gasteiger partial charge in [-0.05, 0) is 42.3 Å². The Hall–Kier alpha value is -3.28. The van der Waals surface area contributed by atoms with Crippen LogP contribution in [0.3, 0.4) is 0 Å². The van der Waals surface area contributed by atoms with E-state index in [4.69, 9.17) is 0 Å². The summed E-state index contributed by atoms with van der Waals surface area (Å²) in [4.78, 5) is 26.5. The second-order valence-corrected chi connectivity index (χ2v) is 8.19. The highest BCUT2D eigenvalue weighted by Crippen LogP contribution is 2.34. The van der Waals surface area contributed by atoms with Crippen molar-refractivity contribution in [2.45, 2.75) is 6.92 Å². The molecule has 5 rings (SSSR count). The third kappa shape index (κ3) is 3.43. The molecular weight excluding hydrogens is 379 g/mol. The molecule has 2 unspecified atom stereocenters. The maximum Gasteiger partial charge on any atom is 0.254 e. The molecule has 0 spiro atoms. The van der Waals surface area contributed by atoms with Crippen molar-refractivity contribution in [2.75, 3.05) is 31.1 Å². The Labute approximate surface area is 175 Å². The van der Waals surface area contributed by atoms with Gasteiger partial charge in [0.2, 0.25) is 5.95 Å². The first-order valence-corrected chi connectivity index (χ1v) is 10.3. The molecule has 2 aliphatic heterocycles. The van der Waals surface area contributed by atoms with Crippen molar-refractivity contribution in [3.63, 3.8) is 0 Å². The minimum atomic E-state index is -0.302. The number of carbonyl (C=O) groups excluding carboxylic acids is 1. The summed E-state index contributed by atoms with van der Waals surface area (Å²) < 4.78 is 13.7. The molecule has 5 nitrogen and oxygen atoms in total. The van der Waals surface area contributed by atoms with Crippen molar-refractivity contribution < 1.29 is 9.18 Å². The van der Waals surface area contributed by atoms with E-state index in [2.05, 4.69) is 14.9 Å².